The van der Waals surface area contributed by atoms with Crippen LogP contribution in [-0.2, 0) is 20.0 Å². The van der Waals surface area contributed by atoms with E-state index in [-0.39, 0.29) is 18.1 Å². The number of hydrogen-bond donors (Lipinski definition) is 1. The Morgan fingerprint density at radius 1 is 1.27 bits per heavy atom. The van der Waals surface area contributed by atoms with Crippen LogP contribution in [0.3, 0.4) is 0 Å². The molecule has 1 aromatic carbocycles. The number of aromatic carboxylic acids is 1. The molecule has 0 fully saturated rings. The Bertz CT molecular complexity index is 752. The van der Waals surface area contributed by atoms with Gasteiger partial charge in [0.1, 0.15) is 0 Å². The maximum absolute atomic E-state index is 12.5. The molecule has 0 atom stereocenters. The number of carboxylic acid groups (broad SMARTS) is 1. The first-order valence-electron chi connectivity index (χ1n) is 6.80. The molecule has 1 aliphatic rings. The highest BCUT2D eigenvalue weighted by molar-refractivity contribution is 6.30. The van der Waals surface area contributed by atoms with Crippen molar-refractivity contribution in [1.82, 2.24) is 14.7 Å². The van der Waals surface area contributed by atoms with Gasteiger partial charge in [-0.2, -0.15) is 5.10 Å². The van der Waals surface area contributed by atoms with Crippen molar-refractivity contribution in [2.75, 3.05) is 6.54 Å². The van der Waals surface area contributed by atoms with E-state index in [2.05, 4.69) is 5.10 Å². The fraction of sp³-hybridized carbons (Fsp3) is 0.267. The molecule has 0 bridgehead atoms. The summed E-state index contributed by atoms with van der Waals surface area (Å²) >= 11 is 5.83. The van der Waals surface area contributed by atoms with E-state index in [1.165, 1.54) is 4.68 Å². The van der Waals surface area contributed by atoms with Gasteiger partial charge in [0.2, 0.25) is 0 Å². The zero-order valence-electron chi connectivity index (χ0n) is 11.9. The quantitative estimate of drug-likeness (QED) is 0.918. The summed E-state index contributed by atoms with van der Waals surface area (Å²) in [5.41, 5.74) is 2.04. The molecule has 1 N–H and O–H groups in total. The normalized spacial score (nSPS) is 13.8. The average Bonchev–Trinajstić information content (AvgIpc) is 2.82. The number of aromatic nitrogens is 2. The van der Waals surface area contributed by atoms with E-state index in [0.29, 0.717) is 29.1 Å². The van der Waals surface area contributed by atoms with Gasteiger partial charge < -0.3 is 10.0 Å². The van der Waals surface area contributed by atoms with Crippen LogP contribution in [0.25, 0.3) is 0 Å². The molecule has 1 amide bonds. The second-order valence-electron chi connectivity index (χ2n) is 5.19. The molecule has 0 unspecified atom stereocenters. The van der Waals surface area contributed by atoms with Crippen molar-refractivity contribution in [1.29, 1.82) is 0 Å². The van der Waals surface area contributed by atoms with Gasteiger partial charge in [0.25, 0.3) is 5.91 Å². The van der Waals surface area contributed by atoms with Gasteiger partial charge in [0.15, 0.2) is 5.69 Å². The number of rotatable bonds is 2. The molecule has 0 saturated heterocycles. The first-order chi connectivity index (χ1) is 10.5. The summed E-state index contributed by atoms with van der Waals surface area (Å²) in [6.45, 7) is 0.775. The van der Waals surface area contributed by atoms with Crippen LogP contribution in [-0.4, -0.2) is 38.2 Å². The third kappa shape index (κ3) is 2.46. The zero-order valence-corrected chi connectivity index (χ0v) is 12.7. The Kier molecular flexibility index (Phi) is 3.62. The summed E-state index contributed by atoms with van der Waals surface area (Å²) < 4.78 is 1.36. The number of aryl methyl sites for hydroxylation is 1. The van der Waals surface area contributed by atoms with E-state index in [4.69, 9.17) is 11.6 Å². The van der Waals surface area contributed by atoms with Crippen molar-refractivity contribution in [3.63, 3.8) is 0 Å². The molecule has 7 heteroatoms. The smallest absolute Gasteiger partial charge is 0.354 e. The number of carbonyl (C=O) groups excluding carboxylic acids is 1. The van der Waals surface area contributed by atoms with E-state index < -0.39 is 5.97 Å². The minimum atomic E-state index is -1.03. The first kappa shape index (κ1) is 14.6. The van der Waals surface area contributed by atoms with Gasteiger partial charge in [-0.15, -0.1) is 0 Å². The molecule has 3 rings (SSSR count). The molecule has 6 nitrogen and oxygen atoms in total. The maximum atomic E-state index is 12.5. The van der Waals surface area contributed by atoms with Gasteiger partial charge in [0.05, 0.1) is 12.2 Å². The summed E-state index contributed by atoms with van der Waals surface area (Å²) in [6.07, 6.45) is 0.551. The molecule has 0 radical (unpaired) electrons. The van der Waals surface area contributed by atoms with Crippen molar-refractivity contribution in [2.24, 2.45) is 7.05 Å². The highest BCUT2D eigenvalue weighted by Crippen LogP contribution is 2.23. The van der Waals surface area contributed by atoms with Crippen LogP contribution in [0.15, 0.2) is 24.3 Å². The Morgan fingerprint density at radius 3 is 2.59 bits per heavy atom. The molecule has 2 heterocycles. The molecule has 2 aromatic rings. The average molecular weight is 320 g/mol. The predicted molar refractivity (Wildman–Crippen MR) is 80.1 cm³/mol. The van der Waals surface area contributed by atoms with Crippen molar-refractivity contribution in [3.8, 4) is 0 Å². The number of carboxylic acids is 1. The fourth-order valence-corrected chi connectivity index (χ4v) is 2.84. The molecular formula is C15H14ClN3O3. The molecule has 1 aromatic heterocycles. The minimum Gasteiger partial charge on any atom is -0.477 e. The largest absolute Gasteiger partial charge is 0.477 e. The molecule has 22 heavy (non-hydrogen) atoms. The van der Waals surface area contributed by atoms with Crippen molar-refractivity contribution in [3.05, 3.63) is 51.8 Å². The highest BCUT2D eigenvalue weighted by Gasteiger charge is 2.29. The molecule has 114 valence electrons. The lowest BCUT2D eigenvalue weighted by Crippen LogP contribution is -2.36. The van der Waals surface area contributed by atoms with Crippen LogP contribution < -0.4 is 0 Å². The van der Waals surface area contributed by atoms with Gasteiger partial charge in [-0.1, -0.05) is 11.6 Å². The Labute approximate surface area is 131 Å². The lowest BCUT2D eigenvalue weighted by molar-refractivity contribution is 0.0669. The lowest BCUT2D eigenvalue weighted by Gasteiger charge is -2.26. The predicted octanol–water partition coefficient (Wildman–Crippen LogP) is 1.97. The monoisotopic (exact) mass is 319 g/mol. The van der Waals surface area contributed by atoms with Gasteiger partial charge in [-0.05, 0) is 24.3 Å². The van der Waals surface area contributed by atoms with Gasteiger partial charge >= 0.3 is 5.97 Å². The number of carbonyl (C=O) groups is 2. The molecular weight excluding hydrogens is 306 g/mol. The second-order valence-corrected chi connectivity index (χ2v) is 5.62. The second kappa shape index (κ2) is 5.46. The third-order valence-corrected chi connectivity index (χ3v) is 4.03. The van der Waals surface area contributed by atoms with Gasteiger partial charge in [-0.3, -0.25) is 9.48 Å². The minimum absolute atomic E-state index is 0.137. The summed E-state index contributed by atoms with van der Waals surface area (Å²) in [5, 5.41) is 14.1. The summed E-state index contributed by atoms with van der Waals surface area (Å²) in [6, 6.07) is 6.66. The number of fused-ring (bicyclic) bond motifs is 1. The van der Waals surface area contributed by atoms with E-state index >= 15 is 0 Å². The Hall–Kier alpha value is -2.34. The Balaban J connectivity index is 1.89. The van der Waals surface area contributed by atoms with Crippen LogP contribution in [0.4, 0.5) is 0 Å². The lowest BCUT2D eigenvalue weighted by atomic mass is 10.0. The van der Waals surface area contributed by atoms with Crippen LogP contribution >= 0.6 is 11.6 Å². The first-order valence-corrected chi connectivity index (χ1v) is 7.18. The van der Waals surface area contributed by atoms with Crippen LogP contribution in [0.2, 0.25) is 5.02 Å². The third-order valence-electron chi connectivity index (χ3n) is 3.78. The van der Waals surface area contributed by atoms with Crippen molar-refractivity contribution >= 4 is 23.5 Å². The number of amides is 1. The van der Waals surface area contributed by atoms with Gasteiger partial charge in [0, 0.05) is 36.2 Å². The van der Waals surface area contributed by atoms with E-state index in [0.717, 1.165) is 5.69 Å². The number of halogens is 1. The molecule has 1 aliphatic heterocycles. The number of hydrogen-bond acceptors (Lipinski definition) is 3. The highest BCUT2D eigenvalue weighted by atomic mass is 35.5. The molecule has 0 aliphatic carbocycles. The summed E-state index contributed by atoms with van der Waals surface area (Å²) in [7, 11) is 1.60. The topological polar surface area (TPSA) is 75.4 Å². The fourth-order valence-electron chi connectivity index (χ4n) is 2.72. The molecule has 0 saturated carbocycles. The van der Waals surface area contributed by atoms with E-state index in [9.17, 15) is 14.7 Å². The zero-order chi connectivity index (χ0) is 15.9. The standard InChI is InChI=1S/C15H14ClN3O3/c1-18-13(15(21)22)11-8-19(7-6-12(11)17-18)14(20)9-2-4-10(16)5-3-9/h2-5H,6-8H2,1H3,(H,21,22). The van der Waals surface area contributed by atoms with E-state index in [1.807, 2.05) is 0 Å². The van der Waals surface area contributed by atoms with Crippen molar-refractivity contribution < 1.29 is 14.7 Å². The summed E-state index contributed by atoms with van der Waals surface area (Å²) in [4.78, 5) is 25.5. The van der Waals surface area contributed by atoms with Crippen molar-refractivity contribution in [2.45, 2.75) is 13.0 Å². The van der Waals surface area contributed by atoms with Gasteiger partial charge in [-0.25, -0.2) is 4.79 Å². The maximum Gasteiger partial charge on any atom is 0.354 e. The number of nitrogens with zero attached hydrogens (tertiary/aromatic N) is 3. The SMILES string of the molecule is Cn1nc2c(c1C(=O)O)CN(C(=O)c1ccc(Cl)cc1)CC2. The summed E-state index contributed by atoms with van der Waals surface area (Å²) in [5.74, 6) is -1.17. The van der Waals surface area contributed by atoms with Crippen LogP contribution in [0.1, 0.15) is 32.1 Å². The molecule has 0 spiro atoms. The number of benzene rings is 1. The van der Waals surface area contributed by atoms with Crippen LogP contribution in [0.5, 0.6) is 0 Å². The van der Waals surface area contributed by atoms with E-state index in [1.54, 1.807) is 36.2 Å². The Morgan fingerprint density at radius 2 is 1.95 bits per heavy atom. The van der Waals surface area contributed by atoms with Crippen LogP contribution in [0, 0.1) is 0 Å².